The zero-order valence-electron chi connectivity index (χ0n) is 9.47. The highest BCUT2D eigenvalue weighted by Crippen LogP contribution is 2.15. The third-order valence-corrected chi connectivity index (χ3v) is 2.06. The fourth-order valence-electron chi connectivity index (χ4n) is 1.08. The maximum absolute atomic E-state index is 5.42. The molecule has 0 fully saturated rings. The van der Waals surface area contributed by atoms with Crippen molar-refractivity contribution < 1.29 is 4.74 Å². The maximum Gasteiger partial charge on any atom is 0.211 e. The molecule has 0 atom stereocenters. The number of rotatable bonds is 4. The number of hydrogen-bond donors (Lipinski definition) is 2. The summed E-state index contributed by atoms with van der Waals surface area (Å²) in [5.41, 5.74) is 12.6. The zero-order valence-corrected chi connectivity index (χ0v) is 9.47. The largest absolute Gasteiger partial charge is 0.488 e. The minimum absolute atomic E-state index is 0.0672. The monoisotopic (exact) mass is 220 g/mol. The van der Waals surface area contributed by atoms with E-state index in [9.17, 15) is 0 Å². The summed E-state index contributed by atoms with van der Waals surface area (Å²) in [5, 5.41) is 7.06. The third kappa shape index (κ3) is 4.00. The Morgan fingerprint density at radius 2 is 2.06 bits per heavy atom. The van der Waals surface area contributed by atoms with Crippen LogP contribution in [0.2, 0.25) is 0 Å². The summed E-state index contributed by atoms with van der Waals surface area (Å²) in [7, 11) is 0. The van der Waals surface area contributed by atoms with Crippen molar-refractivity contribution in [3.8, 4) is 5.75 Å². The Balaban J connectivity index is 2.46. The van der Waals surface area contributed by atoms with E-state index in [4.69, 9.17) is 16.2 Å². The predicted octanol–water partition coefficient (Wildman–Crippen LogP) is 0.941. The van der Waals surface area contributed by atoms with Crippen molar-refractivity contribution >= 4 is 12.2 Å². The molecule has 0 aliphatic rings. The van der Waals surface area contributed by atoms with Gasteiger partial charge in [-0.25, -0.2) is 0 Å². The van der Waals surface area contributed by atoms with E-state index < -0.39 is 0 Å². The standard InChI is InChI=1S/C11H16N4O/c1-8-3-4-10(7-9(8)2)16-6-5-14-15-11(12)13/h3-5,7H,6H2,1-2H3,(H4,12,13,15)/b14-5+. The molecule has 0 spiro atoms. The van der Waals surface area contributed by atoms with Gasteiger partial charge in [0.05, 0.1) is 6.21 Å². The molecule has 0 radical (unpaired) electrons. The molecule has 1 rings (SSSR count). The van der Waals surface area contributed by atoms with Gasteiger partial charge in [-0.05, 0) is 37.1 Å². The van der Waals surface area contributed by atoms with Crippen molar-refractivity contribution in [2.24, 2.45) is 21.7 Å². The van der Waals surface area contributed by atoms with Crippen LogP contribution in [0, 0.1) is 13.8 Å². The number of guanidine groups is 1. The van der Waals surface area contributed by atoms with E-state index in [1.165, 1.54) is 17.3 Å². The molecular weight excluding hydrogens is 204 g/mol. The number of benzene rings is 1. The van der Waals surface area contributed by atoms with Crippen LogP contribution in [0.4, 0.5) is 0 Å². The molecule has 5 heteroatoms. The molecule has 1 aromatic rings. The molecule has 0 bridgehead atoms. The molecule has 86 valence electrons. The van der Waals surface area contributed by atoms with E-state index >= 15 is 0 Å². The third-order valence-electron chi connectivity index (χ3n) is 2.06. The second kappa shape index (κ2) is 5.75. The summed E-state index contributed by atoms with van der Waals surface area (Å²) in [6.07, 6.45) is 1.49. The van der Waals surface area contributed by atoms with E-state index in [2.05, 4.69) is 17.1 Å². The number of aryl methyl sites for hydroxylation is 2. The highest BCUT2D eigenvalue weighted by molar-refractivity contribution is 5.76. The molecule has 0 aliphatic heterocycles. The quantitative estimate of drug-likeness (QED) is 0.450. The fourth-order valence-corrected chi connectivity index (χ4v) is 1.08. The zero-order chi connectivity index (χ0) is 12.0. The van der Waals surface area contributed by atoms with Crippen LogP contribution in [0.5, 0.6) is 5.75 Å². The van der Waals surface area contributed by atoms with Gasteiger partial charge in [0.1, 0.15) is 12.4 Å². The van der Waals surface area contributed by atoms with Crippen molar-refractivity contribution in [2.45, 2.75) is 13.8 Å². The lowest BCUT2D eigenvalue weighted by molar-refractivity contribution is 0.380. The van der Waals surface area contributed by atoms with Gasteiger partial charge in [0.25, 0.3) is 0 Å². The van der Waals surface area contributed by atoms with Gasteiger partial charge in [0.2, 0.25) is 5.96 Å². The van der Waals surface area contributed by atoms with Crippen LogP contribution in [0.1, 0.15) is 11.1 Å². The van der Waals surface area contributed by atoms with Gasteiger partial charge in [-0.1, -0.05) is 6.07 Å². The first-order valence-electron chi connectivity index (χ1n) is 4.90. The van der Waals surface area contributed by atoms with E-state index in [0.717, 1.165) is 5.75 Å². The smallest absolute Gasteiger partial charge is 0.211 e. The lowest BCUT2D eigenvalue weighted by Crippen LogP contribution is -2.21. The Morgan fingerprint density at radius 1 is 1.31 bits per heavy atom. The van der Waals surface area contributed by atoms with Gasteiger partial charge in [-0.2, -0.15) is 5.10 Å². The molecule has 0 saturated heterocycles. The lowest BCUT2D eigenvalue weighted by Gasteiger charge is -2.05. The Hall–Kier alpha value is -2.04. The summed E-state index contributed by atoms with van der Waals surface area (Å²) in [6.45, 7) is 4.42. The Morgan fingerprint density at radius 3 is 2.69 bits per heavy atom. The summed E-state index contributed by atoms with van der Waals surface area (Å²) in [5.74, 6) is 0.738. The average molecular weight is 220 g/mol. The Labute approximate surface area is 94.8 Å². The van der Waals surface area contributed by atoms with Gasteiger partial charge < -0.3 is 16.2 Å². The van der Waals surface area contributed by atoms with E-state index in [0.29, 0.717) is 6.61 Å². The second-order valence-electron chi connectivity index (χ2n) is 3.38. The average Bonchev–Trinajstić information content (AvgIpc) is 2.22. The van der Waals surface area contributed by atoms with E-state index in [1.807, 2.05) is 25.1 Å². The van der Waals surface area contributed by atoms with Crippen LogP contribution in [0.25, 0.3) is 0 Å². The van der Waals surface area contributed by atoms with Crippen LogP contribution in [0.15, 0.2) is 28.4 Å². The molecule has 16 heavy (non-hydrogen) atoms. The van der Waals surface area contributed by atoms with Crippen LogP contribution >= 0.6 is 0 Å². The second-order valence-corrected chi connectivity index (χ2v) is 3.38. The van der Waals surface area contributed by atoms with Gasteiger partial charge in [0.15, 0.2) is 0 Å². The van der Waals surface area contributed by atoms with E-state index in [1.54, 1.807) is 0 Å². The van der Waals surface area contributed by atoms with Crippen molar-refractivity contribution in [1.29, 1.82) is 0 Å². The van der Waals surface area contributed by atoms with Gasteiger partial charge >= 0.3 is 0 Å². The van der Waals surface area contributed by atoms with Gasteiger partial charge in [-0.15, -0.1) is 5.10 Å². The summed E-state index contributed by atoms with van der Waals surface area (Å²) >= 11 is 0. The van der Waals surface area contributed by atoms with Gasteiger partial charge in [0, 0.05) is 0 Å². The first-order valence-corrected chi connectivity index (χ1v) is 4.90. The number of nitrogens with two attached hydrogens (primary N) is 2. The van der Waals surface area contributed by atoms with Crippen molar-refractivity contribution in [2.75, 3.05) is 6.61 Å². The first-order chi connectivity index (χ1) is 7.59. The van der Waals surface area contributed by atoms with Crippen LogP contribution in [-0.4, -0.2) is 18.8 Å². The molecule has 0 amide bonds. The number of nitrogens with zero attached hydrogens (tertiary/aromatic N) is 2. The normalized spacial score (nSPS) is 10.4. The molecule has 0 aromatic heterocycles. The highest BCUT2D eigenvalue weighted by atomic mass is 16.5. The van der Waals surface area contributed by atoms with Crippen molar-refractivity contribution in [3.05, 3.63) is 29.3 Å². The number of hydrogen-bond acceptors (Lipinski definition) is 3. The summed E-state index contributed by atoms with van der Waals surface area (Å²) in [4.78, 5) is 0. The molecule has 0 aliphatic carbocycles. The van der Waals surface area contributed by atoms with Crippen LogP contribution in [0.3, 0.4) is 0 Å². The molecule has 0 saturated carbocycles. The van der Waals surface area contributed by atoms with Crippen molar-refractivity contribution in [1.82, 2.24) is 0 Å². The molecular formula is C11H16N4O. The summed E-state index contributed by atoms with van der Waals surface area (Å²) in [6, 6.07) is 5.90. The minimum atomic E-state index is -0.0672. The fraction of sp³-hybridized carbons (Fsp3) is 0.273. The predicted molar refractivity (Wildman–Crippen MR) is 65.7 cm³/mol. The Kier molecular flexibility index (Phi) is 4.32. The summed E-state index contributed by atoms with van der Waals surface area (Å²) < 4.78 is 5.42. The number of ether oxygens (including phenoxy) is 1. The molecule has 5 nitrogen and oxygen atoms in total. The van der Waals surface area contributed by atoms with Crippen molar-refractivity contribution in [3.63, 3.8) is 0 Å². The molecule has 4 N–H and O–H groups in total. The lowest BCUT2D eigenvalue weighted by atomic mass is 10.1. The van der Waals surface area contributed by atoms with Crippen LogP contribution < -0.4 is 16.2 Å². The molecule has 0 unspecified atom stereocenters. The minimum Gasteiger partial charge on any atom is -0.488 e. The molecule has 0 heterocycles. The van der Waals surface area contributed by atoms with E-state index in [-0.39, 0.29) is 5.96 Å². The molecule has 1 aromatic carbocycles. The SMILES string of the molecule is Cc1ccc(OC/C=N/N=C(N)N)cc1C. The Bertz CT molecular complexity index is 408. The van der Waals surface area contributed by atoms with Gasteiger partial charge in [-0.3, -0.25) is 0 Å². The first kappa shape index (κ1) is 12.0. The topological polar surface area (TPSA) is 86.0 Å². The van der Waals surface area contributed by atoms with Crippen LogP contribution in [-0.2, 0) is 0 Å². The highest BCUT2D eigenvalue weighted by Gasteiger charge is 1.95. The maximum atomic E-state index is 5.42.